The summed E-state index contributed by atoms with van der Waals surface area (Å²) in [5.41, 5.74) is 1.74. The molecule has 0 radical (unpaired) electrons. The highest BCUT2D eigenvalue weighted by Gasteiger charge is 2.14. The normalized spacial score (nSPS) is 10.2. The van der Waals surface area contributed by atoms with Gasteiger partial charge in [0.1, 0.15) is 5.82 Å². The number of hydrogen-bond donors (Lipinski definition) is 1. The van der Waals surface area contributed by atoms with Gasteiger partial charge in [-0.3, -0.25) is 0 Å². The van der Waals surface area contributed by atoms with Crippen LogP contribution in [0.25, 0.3) is 11.4 Å². The van der Waals surface area contributed by atoms with Gasteiger partial charge in [0.05, 0.1) is 14.2 Å². The molecule has 0 aliphatic heterocycles. The summed E-state index contributed by atoms with van der Waals surface area (Å²) >= 11 is 3.52. The van der Waals surface area contributed by atoms with Gasteiger partial charge in [-0.1, -0.05) is 0 Å². The van der Waals surface area contributed by atoms with Gasteiger partial charge < -0.3 is 14.8 Å². The van der Waals surface area contributed by atoms with E-state index in [4.69, 9.17) is 9.47 Å². The van der Waals surface area contributed by atoms with E-state index in [1.165, 1.54) is 0 Å². The summed E-state index contributed by atoms with van der Waals surface area (Å²) in [7, 11) is 5.03. The van der Waals surface area contributed by atoms with Gasteiger partial charge in [0, 0.05) is 28.8 Å². The number of hydrogen-bond acceptors (Lipinski definition) is 5. The molecule has 2 rings (SSSR count). The molecular weight excluding hydrogens is 322 g/mol. The Morgan fingerprint density at radius 3 is 2.30 bits per heavy atom. The summed E-state index contributed by atoms with van der Waals surface area (Å²) in [4.78, 5) is 8.93. The number of aryl methyl sites for hydroxylation is 1. The second-order valence-electron chi connectivity index (χ2n) is 4.16. The highest BCUT2D eigenvalue weighted by Crippen LogP contribution is 2.37. The lowest BCUT2D eigenvalue weighted by atomic mass is 10.2. The lowest BCUT2D eigenvalue weighted by Crippen LogP contribution is -2.00. The van der Waals surface area contributed by atoms with Gasteiger partial charge in [-0.15, -0.1) is 0 Å². The minimum Gasteiger partial charge on any atom is -0.493 e. The maximum absolute atomic E-state index is 5.32. The van der Waals surface area contributed by atoms with E-state index in [1.807, 2.05) is 32.2 Å². The number of halogens is 1. The Bertz CT molecular complexity index is 632. The molecular formula is C14H16BrN3O2. The van der Waals surface area contributed by atoms with Crippen LogP contribution in [0.1, 0.15) is 5.69 Å². The van der Waals surface area contributed by atoms with Crippen molar-refractivity contribution in [3.63, 3.8) is 0 Å². The summed E-state index contributed by atoms with van der Waals surface area (Å²) in [5, 5.41) is 3.03. The summed E-state index contributed by atoms with van der Waals surface area (Å²) in [5.74, 6) is 2.70. The molecule has 0 bridgehead atoms. The number of methoxy groups -OCH3 is 2. The quantitative estimate of drug-likeness (QED) is 0.927. The Hall–Kier alpha value is -1.82. The number of rotatable bonds is 4. The summed E-state index contributed by atoms with van der Waals surface area (Å²) in [6.45, 7) is 1.93. The minimum absolute atomic E-state index is 0.627. The molecule has 0 saturated carbocycles. The van der Waals surface area contributed by atoms with Crippen LogP contribution in [-0.4, -0.2) is 31.2 Å². The van der Waals surface area contributed by atoms with Crippen molar-refractivity contribution in [3.8, 4) is 22.9 Å². The van der Waals surface area contributed by atoms with Crippen molar-refractivity contribution in [1.29, 1.82) is 0 Å². The first-order chi connectivity index (χ1) is 9.58. The fourth-order valence-electron chi connectivity index (χ4n) is 1.84. The van der Waals surface area contributed by atoms with Crippen LogP contribution < -0.4 is 14.8 Å². The van der Waals surface area contributed by atoms with Crippen LogP contribution in [0.15, 0.2) is 22.7 Å². The monoisotopic (exact) mass is 337 g/mol. The van der Waals surface area contributed by atoms with Crippen LogP contribution in [-0.2, 0) is 0 Å². The van der Waals surface area contributed by atoms with Gasteiger partial charge in [0.15, 0.2) is 17.3 Å². The largest absolute Gasteiger partial charge is 0.493 e. The fraction of sp³-hybridized carbons (Fsp3) is 0.286. The highest BCUT2D eigenvalue weighted by molar-refractivity contribution is 9.10. The molecule has 0 atom stereocenters. The van der Waals surface area contributed by atoms with Crippen LogP contribution in [0.4, 0.5) is 5.82 Å². The molecule has 2 aromatic rings. The zero-order chi connectivity index (χ0) is 14.7. The maximum atomic E-state index is 5.32. The van der Waals surface area contributed by atoms with E-state index in [0.717, 1.165) is 21.5 Å². The summed E-state index contributed by atoms with van der Waals surface area (Å²) < 4.78 is 11.4. The van der Waals surface area contributed by atoms with Gasteiger partial charge in [0.25, 0.3) is 0 Å². The first-order valence-corrected chi connectivity index (χ1v) is 6.83. The predicted molar refractivity (Wildman–Crippen MR) is 82.6 cm³/mol. The average molecular weight is 338 g/mol. The second-order valence-corrected chi connectivity index (χ2v) is 5.01. The highest BCUT2D eigenvalue weighted by atomic mass is 79.9. The molecule has 6 heteroatoms. The summed E-state index contributed by atoms with van der Waals surface area (Å²) in [6, 6.07) is 5.59. The SMILES string of the molecule is CNc1cc(C)nc(-c2cc(OC)c(OC)cc2Br)n1. The van der Waals surface area contributed by atoms with Gasteiger partial charge in [-0.25, -0.2) is 9.97 Å². The lowest BCUT2D eigenvalue weighted by Gasteiger charge is -2.12. The van der Waals surface area contributed by atoms with Crippen LogP contribution in [0.3, 0.4) is 0 Å². The zero-order valence-corrected chi connectivity index (χ0v) is 13.4. The number of anilines is 1. The minimum atomic E-state index is 0.627. The predicted octanol–water partition coefficient (Wildman–Crippen LogP) is 3.27. The molecule has 0 fully saturated rings. The van der Waals surface area contributed by atoms with Crippen molar-refractivity contribution in [3.05, 3.63) is 28.4 Å². The Balaban J connectivity index is 2.60. The molecule has 106 valence electrons. The van der Waals surface area contributed by atoms with Crippen LogP contribution in [0, 0.1) is 6.92 Å². The van der Waals surface area contributed by atoms with Gasteiger partial charge in [-0.05, 0) is 35.0 Å². The van der Waals surface area contributed by atoms with E-state index < -0.39 is 0 Å². The molecule has 1 N–H and O–H groups in total. The smallest absolute Gasteiger partial charge is 0.163 e. The molecule has 1 aromatic heterocycles. The van der Waals surface area contributed by atoms with E-state index in [9.17, 15) is 0 Å². The van der Waals surface area contributed by atoms with Crippen molar-refractivity contribution < 1.29 is 9.47 Å². The van der Waals surface area contributed by atoms with Gasteiger partial charge >= 0.3 is 0 Å². The number of nitrogens with one attached hydrogen (secondary N) is 1. The first kappa shape index (κ1) is 14.6. The number of nitrogens with zero attached hydrogens (tertiary/aromatic N) is 2. The van der Waals surface area contributed by atoms with Crippen LogP contribution in [0.5, 0.6) is 11.5 Å². The standard InChI is InChI=1S/C14H16BrN3O2/c1-8-5-13(16-2)18-14(17-8)9-6-11(19-3)12(20-4)7-10(9)15/h5-7H,1-4H3,(H,16,17,18). The topological polar surface area (TPSA) is 56.3 Å². The van der Waals surface area contributed by atoms with Crippen molar-refractivity contribution >= 4 is 21.7 Å². The average Bonchev–Trinajstić information content (AvgIpc) is 2.46. The van der Waals surface area contributed by atoms with E-state index in [2.05, 4.69) is 31.2 Å². The Morgan fingerprint density at radius 2 is 1.70 bits per heavy atom. The lowest BCUT2D eigenvalue weighted by molar-refractivity contribution is 0.355. The molecule has 0 aliphatic carbocycles. The Kier molecular flexibility index (Phi) is 4.44. The molecule has 0 amide bonds. The number of benzene rings is 1. The number of aromatic nitrogens is 2. The van der Waals surface area contributed by atoms with Crippen LogP contribution >= 0.6 is 15.9 Å². The van der Waals surface area contributed by atoms with E-state index in [-0.39, 0.29) is 0 Å². The van der Waals surface area contributed by atoms with Crippen molar-refractivity contribution in [2.24, 2.45) is 0 Å². The van der Waals surface area contributed by atoms with Crippen molar-refractivity contribution in [2.45, 2.75) is 6.92 Å². The molecule has 1 aromatic carbocycles. The van der Waals surface area contributed by atoms with Gasteiger partial charge in [-0.2, -0.15) is 0 Å². The molecule has 0 saturated heterocycles. The third kappa shape index (κ3) is 2.85. The third-order valence-corrected chi connectivity index (χ3v) is 3.48. The molecule has 5 nitrogen and oxygen atoms in total. The molecule has 0 aliphatic rings. The van der Waals surface area contributed by atoms with Crippen LogP contribution in [0.2, 0.25) is 0 Å². The van der Waals surface area contributed by atoms with Gasteiger partial charge in [0.2, 0.25) is 0 Å². The molecule has 0 unspecified atom stereocenters. The molecule has 0 spiro atoms. The number of ether oxygens (including phenoxy) is 2. The Labute approximate surface area is 126 Å². The maximum Gasteiger partial charge on any atom is 0.163 e. The first-order valence-electron chi connectivity index (χ1n) is 6.04. The Morgan fingerprint density at radius 1 is 1.05 bits per heavy atom. The van der Waals surface area contributed by atoms with E-state index >= 15 is 0 Å². The molecule has 20 heavy (non-hydrogen) atoms. The fourth-order valence-corrected chi connectivity index (χ4v) is 2.34. The second kappa shape index (κ2) is 6.09. The van der Waals surface area contributed by atoms with Crippen molar-refractivity contribution in [1.82, 2.24) is 9.97 Å². The van der Waals surface area contributed by atoms with Crippen molar-refractivity contribution in [2.75, 3.05) is 26.6 Å². The zero-order valence-electron chi connectivity index (χ0n) is 11.8. The van der Waals surface area contributed by atoms with E-state index in [1.54, 1.807) is 14.2 Å². The summed E-state index contributed by atoms with van der Waals surface area (Å²) in [6.07, 6.45) is 0. The molecule has 1 heterocycles. The van der Waals surface area contributed by atoms with E-state index in [0.29, 0.717) is 17.3 Å². The third-order valence-electron chi connectivity index (χ3n) is 2.82.